The van der Waals surface area contributed by atoms with E-state index in [4.69, 9.17) is 0 Å². The van der Waals surface area contributed by atoms with E-state index in [-0.39, 0.29) is 0 Å². The Kier molecular flexibility index (Phi) is 6.16. The molecule has 3 aromatic heterocycles. The lowest BCUT2D eigenvalue weighted by Gasteiger charge is -2.10. The van der Waals surface area contributed by atoms with E-state index in [2.05, 4.69) is 191 Å². The molecule has 0 fully saturated rings. The van der Waals surface area contributed by atoms with Crippen molar-refractivity contribution in [2.45, 2.75) is 0 Å². The molecule has 51 heavy (non-hydrogen) atoms. The zero-order valence-corrected chi connectivity index (χ0v) is 28.4. The normalized spacial score (nSPS) is 11.9. The molecule has 0 radical (unpaired) electrons. The van der Waals surface area contributed by atoms with Gasteiger partial charge in [-0.2, -0.15) is 0 Å². The second kappa shape index (κ2) is 11.0. The van der Waals surface area contributed by atoms with Gasteiger partial charge in [0.15, 0.2) is 0 Å². The summed E-state index contributed by atoms with van der Waals surface area (Å²) in [5, 5.41) is 7.73. The summed E-state index contributed by atoms with van der Waals surface area (Å²) in [5.74, 6) is 0. The predicted molar refractivity (Wildman–Crippen MR) is 219 cm³/mol. The Hall–Kier alpha value is -6.42. The number of thiophene rings is 1. The van der Waals surface area contributed by atoms with Gasteiger partial charge in [0.05, 0.1) is 22.1 Å². The van der Waals surface area contributed by atoms with Crippen molar-refractivity contribution in [2.75, 3.05) is 0 Å². The first-order valence-corrected chi connectivity index (χ1v) is 18.3. The van der Waals surface area contributed by atoms with Gasteiger partial charge in [0.2, 0.25) is 0 Å². The van der Waals surface area contributed by atoms with E-state index in [9.17, 15) is 0 Å². The van der Waals surface area contributed by atoms with Crippen molar-refractivity contribution >= 4 is 75.1 Å². The van der Waals surface area contributed by atoms with Crippen LogP contribution in [-0.2, 0) is 0 Å². The summed E-state index contributed by atoms with van der Waals surface area (Å²) in [6, 6.07) is 66.7. The summed E-state index contributed by atoms with van der Waals surface area (Å²) < 4.78 is 7.53. The molecule has 0 unspecified atom stereocenters. The van der Waals surface area contributed by atoms with Gasteiger partial charge in [0.1, 0.15) is 0 Å². The van der Waals surface area contributed by atoms with Crippen LogP contribution in [0.4, 0.5) is 0 Å². The third kappa shape index (κ3) is 4.29. The van der Waals surface area contributed by atoms with Crippen LogP contribution >= 0.6 is 11.3 Å². The number of nitrogens with zero attached hydrogens (tertiary/aromatic N) is 2. The summed E-state index contributed by atoms with van der Waals surface area (Å²) >= 11 is 1.87. The smallest absolute Gasteiger partial charge is 0.0548 e. The third-order valence-electron chi connectivity index (χ3n) is 10.5. The molecule has 0 saturated carbocycles. The average molecular weight is 667 g/mol. The summed E-state index contributed by atoms with van der Waals surface area (Å²) in [6.07, 6.45) is 0. The molecule has 0 amide bonds. The van der Waals surface area contributed by atoms with Crippen LogP contribution in [0.15, 0.2) is 182 Å². The number of para-hydroxylation sites is 2. The van der Waals surface area contributed by atoms with Gasteiger partial charge in [0, 0.05) is 53.1 Å². The molecule has 0 aliphatic carbocycles. The zero-order valence-electron chi connectivity index (χ0n) is 27.6. The minimum Gasteiger partial charge on any atom is -0.309 e. The number of aromatic nitrogens is 2. The molecule has 2 nitrogen and oxygen atoms in total. The standard InChI is InChI=1S/C48H30N2S/c1-3-11-31(12-4-1)32-19-23-36(24-20-32)50-42-25-21-33(34-22-28-46-39(29-34)37-15-8-10-18-45(37)51-46)30-40(42)48-44(50)27-26-43-47(48)38-16-7-9-17-41(38)49(43)35-13-5-2-6-14-35/h1-30H. The van der Waals surface area contributed by atoms with Crippen molar-refractivity contribution in [2.24, 2.45) is 0 Å². The van der Waals surface area contributed by atoms with Crippen LogP contribution in [0.25, 0.3) is 97.4 Å². The molecule has 3 heteroatoms. The maximum Gasteiger partial charge on any atom is 0.0548 e. The molecule has 0 atom stereocenters. The second-order valence-electron chi connectivity index (χ2n) is 13.3. The van der Waals surface area contributed by atoms with Gasteiger partial charge < -0.3 is 9.13 Å². The van der Waals surface area contributed by atoms with Gasteiger partial charge >= 0.3 is 0 Å². The van der Waals surface area contributed by atoms with Gasteiger partial charge in [-0.05, 0) is 95.1 Å². The molecule has 238 valence electrons. The summed E-state index contributed by atoms with van der Waals surface area (Å²) in [4.78, 5) is 0. The highest BCUT2D eigenvalue weighted by atomic mass is 32.1. The fourth-order valence-corrected chi connectivity index (χ4v) is 9.31. The van der Waals surface area contributed by atoms with Crippen molar-refractivity contribution in [1.82, 2.24) is 9.13 Å². The maximum absolute atomic E-state index is 2.45. The first-order valence-electron chi connectivity index (χ1n) is 17.4. The molecule has 8 aromatic carbocycles. The number of rotatable bonds is 4. The van der Waals surface area contributed by atoms with E-state index in [1.54, 1.807) is 0 Å². The quantitative estimate of drug-likeness (QED) is 0.177. The van der Waals surface area contributed by atoms with E-state index in [0.717, 1.165) is 5.69 Å². The number of hydrogen-bond acceptors (Lipinski definition) is 1. The van der Waals surface area contributed by atoms with Gasteiger partial charge in [-0.1, -0.05) is 109 Å². The second-order valence-corrected chi connectivity index (χ2v) is 14.4. The van der Waals surface area contributed by atoms with Crippen molar-refractivity contribution in [1.29, 1.82) is 0 Å². The molecule has 0 bridgehead atoms. The fourth-order valence-electron chi connectivity index (χ4n) is 8.22. The molecule has 11 rings (SSSR count). The van der Waals surface area contributed by atoms with Gasteiger partial charge in [0.25, 0.3) is 0 Å². The molecule has 11 aromatic rings. The minimum absolute atomic E-state index is 1.15. The van der Waals surface area contributed by atoms with Crippen molar-refractivity contribution in [3.8, 4) is 33.6 Å². The van der Waals surface area contributed by atoms with E-state index in [1.807, 2.05) is 11.3 Å². The van der Waals surface area contributed by atoms with E-state index in [1.165, 1.54) is 91.7 Å². The highest BCUT2D eigenvalue weighted by Gasteiger charge is 2.21. The lowest BCUT2D eigenvalue weighted by Crippen LogP contribution is -1.95. The van der Waals surface area contributed by atoms with Gasteiger partial charge in [-0.3, -0.25) is 0 Å². The van der Waals surface area contributed by atoms with Crippen molar-refractivity contribution in [3.05, 3.63) is 182 Å². The first kappa shape index (κ1) is 28.4. The van der Waals surface area contributed by atoms with Gasteiger partial charge in [-0.15, -0.1) is 11.3 Å². The van der Waals surface area contributed by atoms with Crippen molar-refractivity contribution in [3.63, 3.8) is 0 Å². The Morgan fingerprint density at radius 1 is 0.294 bits per heavy atom. The maximum atomic E-state index is 2.45. The highest BCUT2D eigenvalue weighted by Crippen LogP contribution is 2.44. The molecular weight excluding hydrogens is 637 g/mol. The van der Waals surface area contributed by atoms with Crippen LogP contribution in [0.1, 0.15) is 0 Å². The molecule has 0 aliphatic rings. The topological polar surface area (TPSA) is 9.86 Å². The molecule has 0 aliphatic heterocycles. The van der Waals surface area contributed by atoms with Crippen LogP contribution in [-0.4, -0.2) is 9.13 Å². The lowest BCUT2D eigenvalue weighted by molar-refractivity contribution is 1.17. The Morgan fingerprint density at radius 2 is 0.784 bits per heavy atom. The Morgan fingerprint density at radius 3 is 1.55 bits per heavy atom. The SMILES string of the molecule is c1ccc(-c2ccc(-n3c4ccc(-c5ccc6sc7ccccc7c6c5)cc4c4c5c6ccccc6n(-c6ccccc6)c5ccc43)cc2)cc1. The van der Waals surface area contributed by atoms with Crippen LogP contribution in [0.2, 0.25) is 0 Å². The van der Waals surface area contributed by atoms with E-state index in [0.29, 0.717) is 0 Å². The summed E-state index contributed by atoms with van der Waals surface area (Å²) in [5.41, 5.74) is 12.1. The zero-order chi connectivity index (χ0) is 33.5. The number of fused-ring (bicyclic) bond motifs is 10. The van der Waals surface area contributed by atoms with Gasteiger partial charge in [-0.25, -0.2) is 0 Å². The number of hydrogen-bond donors (Lipinski definition) is 0. The lowest BCUT2D eigenvalue weighted by atomic mass is 9.99. The summed E-state index contributed by atoms with van der Waals surface area (Å²) in [6.45, 7) is 0. The van der Waals surface area contributed by atoms with Crippen LogP contribution < -0.4 is 0 Å². The fraction of sp³-hybridized carbons (Fsp3) is 0. The molecular formula is C48H30N2S. The highest BCUT2D eigenvalue weighted by molar-refractivity contribution is 7.25. The van der Waals surface area contributed by atoms with Crippen LogP contribution in [0.3, 0.4) is 0 Å². The molecule has 0 saturated heterocycles. The Labute approximate surface area is 298 Å². The molecule has 0 N–H and O–H groups in total. The summed E-state index contributed by atoms with van der Waals surface area (Å²) in [7, 11) is 0. The Balaban J connectivity index is 1.22. The number of benzene rings is 8. The first-order chi connectivity index (χ1) is 25.3. The molecule has 3 heterocycles. The van der Waals surface area contributed by atoms with Crippen LogP contribution in [0.5, 0.6) is 0 Å². The monoisotopic (exact) mass is 666 g/mol. The van der Waals surface area contributed by atoms with Crippen molar-refractivity contribution < 1.29 is 0 Å². The molecule has 0 spiro atoms. The predicted octanol–water partition coefficient (Wildman–Crippen LogP) is 13.6. The van der Waals surface area contributed by atoms with E-state index >= 15 is 0 Å². The minimum atomic E-state index is 1.15. The largest absolute Gasteiger partial charge is 0.309 e. The average Bonchev–Trinajstić information content (AvgIpc) is 3.85. The Bertz CT molecular complexity index is 3110. The van der Waals surface area contributed by atoms with E-state index < -0.39 is 0 Å². The van der Waals surface area contributed by atoms with Crippen LogP contribution in [0, 0.1) is 0 Å². The third-order valence-corrected chi connectivity index (χ3v) is 11.7.